The van der Waals surface area contributed by atoms with Gasteiger partial charge in [0, 0.05) is 4.88 Å². The Balaban J connectivity index is 2.64. The highest BCUT2D eigenvalue weighted by molar-refractivity contribution is 7.10. The van der Waals surface area contributed by atoms with E-state index in [2.05, 4.69) is 4.99 Å². The van der Waals surface area contributed by atoms with E-state index in [1.807, 2.05) is 23.6 Å². The topological polar surface area (TPSA) is 62.2 Å². The van der Waals surface area contributed by atoms with Gasteiger partial charge in [-0.2, -0.15) is 10.3 Å². The maximum absolute atomic E-state index is 8.15. The van der Waals surface area contributed by atoms with Crippen molar-refractivity contribution in [1.82, 2.24) is 0 Å². The van der Waals surface area contributed by atoms with Gasteiger partial charge in [-0.3, -0.25) is 0 Å². The van der Waals surface area contributed by atoms with Crippen molar-refractivity contribution in [2.45, 2.75) is 0 Å². The summed E-state index contributed by atoms with van der Waals surface area (Å²) < 4.78 is 0. The molecule has 0 fully saturated rings. The summed E-state index contributed by atoms with van der Waals surface area (Å²) in [6, 6.07) is 3.91. The van der Waals surface area contributed by atoms with Crippen LogP contribution in [0.25, 0.3) is 6.08 Å². The molecule has 1 aromatic rings. The van der Waals surface area contributed by atoms with Crippen LogP contribution in [0.3, 0.4) is 0 Å². The number of nitrogens with two attached hydrogens (primary N) is 1. The monoisotopic (exact) mass is 177 g/mol. The Labute approximate surface area is 74.5 Å². The summed E-state index contributed by atoms with van der Waals surface area (Å²) in [6.45, 7) is 0. The summed E-state index contributed by atoms with van der Waals surface area (Å²) in [7, 11) is 0. The molecule has 0 atom stereocenters. The summed E-state index contributed by atoms with van der Waals surface area (Å²) in [5, 5.41) is 10.1. The summed E-state index contributed by atoms with van der Waals surface area (Å²) in [5.41, 5.74) is 5.35. The van der Waals surface area contributed by atoms with E-state index < -0.39 is 0 Å². The van der Waals surface area contributed by atoms with Crippen molar-refractivity contribution >= 4 is 23.2 Å². The van der Waals surface area contributed by atoms with Gasteiger partial charge in [0.25, 0.3) is 0 Å². The molecule has 0 saturated carbocycles. The van der Waals surface area contributed by atoms with Gasteiger partial charge in [0.05, 0.1) is 0 Å². The van der Waals surface area contributed by atoms with E-state index in [-0.39, 0.29) is 5.84 Å². The third-order valence-electron chi connectivity index (χ3n) is 1.14. The van der Waals surface area contributed by atoms with Crippen molar-refractivity contribution in [3.05, 3.63) is 28.5 Å². The van der Waals surface area contributed by atoms with Gasteiger partial charge >= 0.3 is 0 Å². The quantitative estimate of drug-likeness (QED) is 0.423. The van der Waals surface area contributed by atoms with Crippen LogP contribution in [0.1, 0.15) is 4.88 Å². The maximum atomic E-state index is 8.15. The second kappa shape index (κ2) is 4.31. The lowest BCUT2D eigenvalue weighted by atomic mass is 10.4. The van der Waals surface area contributed by atoms with Crippen LogP contribution in [0.4, 0.5) is 0 Å². The Hall–Kier alpha value is -1.60. The maximum Gasteiger partial charge on any atom is 0.207 e. The lowest BCUT2D eigenvalue weighted by molar-refractivity contribution is 1.42. The molecule has 1 aromatic heterocycles. The number of hydrogen-bond donors (Lipinski definition) is 1. The third-order valence-corrected chi connectivity index (χ3v) is 1.98. The third kappa shape index (κ3) is 2.56. The number of thiophene rings is 1. The molecular formula is C8H7N3S. The minimum absolute atomic E-state index is 0.228. The molecule has 0 aromatic carbocycles. The molecule has 1 heterocycles. The van der Waals surface area contributed by atoms with E-state index in [4.69, 9.17) is 11.0 Å². The van der Waals surface area contributed by atoms with E-state index in [9.17, 15) is 0 Å². The second-order valence-electron chi connectivity index (χ2n) is 1.99. The fourth-order valence-electron chi connectivity index (χ4n) is 0.649. The van der Waals surface area contributed by atoms with Crippen LogP contribution in [-0.2, 0) is 0 Å². The summed E-state index contributed by atoms with van der Waals surface area (Å²) in [5.74, 6) is 0.228. The number of rotatable bonds is 2. The minimum atomic E-state index is 0.228. The molecule has 0 aliphatic rings. The van der Waals surface area contributed by atoms with Crippen molar-refractivity contribution in [1.29, 1.82) is 5.26 Å². The van der Waals surface area contributed by atoms with E-state index in [0.717, 1.165) is 4.88 Å². The highest BCUT2D eigenvalue weighted by Crippen LogP contribution is 2.09. The highest BCUT2D eigenvalue weighted by Gasteiger charge is 1.86. The van der Waals surface area contributed by atoms with Crippen molar-refractivity contribution < 1.29 is 0 Å². The predicted octanol–water partition coefficient (Wildman–Crippen LogP) is 1.60. The lowest BCUT2D eigenvalue weighted by Gasteiger charge is -1.84. The molecular weight excluding hydrogens is 170 g/mol. The van der Waals surface area contributed by atoms with Crippen LogP contribution in [0.2, 0.25) is 0 Å². The van der Waals surface area contributed by atoms with Gasteiger partial charge in [0.15, 0.2) is 0 Å². The number of hydrogen-bond acceptors (Lipinski definition) is 3. The van der Waals surface area contributed by atoms with E-state index in [1.54, 1.807) is 23.6 Å². The van der Waals surface area contributed by atoms with Gasteiger partial charge in [0.1, 0.15) is 5.84 Å². The molecule has 0 aliphatic carbocycles. The molecule has 0 amide bonds. The van der Waals surface area contributed by atoms with Gasteiger partial charge in [-0.25, -0.2) is 0 Å². The van der Waals surface area contributed by atoms with Gasteiger partial charge in [-0.15, -0.1) is 11.3 Å². The predicted molar refractivity (Wildman–Crippen MR) is 50.6 cm³/mol. The van der Waals surface area contributed by atoms with E-state index in [1.165, 1.54) is 0 Å². The SMILES string of the molecule is N#CN=C(N)C=Cc1cccs1. The van der Waals surface area contributed by atoms with E-state index >= 15 is 0 Å². The van der Waals surface area contributed by atoms with Crippen molar-refractivity contribution in [3.63, 3.8) is 0 Å². The molecule has 4 heteroatoms. The molecule has 2 N–H and O–H groups in total. The number of amidine groups is 1. The van der Waals surface area contributed by atoms with Crippen LogP contribution in [0.5, 0.6) is 0 Å². The molecule has 1 rings (SSSR count). The molecule has 12 heavy (non-hydrogen) atoms. The highest BCUT2D eigenvalue weighted by atomic mass is 32.1. The Morgan fingerprint density at radius 3 is 3.17 bits per heavy atom. The molecule has 0 aliphatic heterocycles. The Kier molecular flexibility index (Phi) is 3.05. The average Bonchev–Trinajstić information content (AvgIpc) is 2.53. The molecule has 0 saturated heterocycles. The first-order valence-electron chi connectivity index (χ1n) is 3.27. The van der Waals surface area contributed by atoms with Crippen LogP contribution < -0.4 is 5.73 Å². The Bertz CT molecular complexity index is 330. The average molecular weight is 177 g/mol. The van der Waals surface area contributed by atoms with Gasteiger partial charge in [0.2, 0.25) is 6.19 Å². The summed E-state index contributed by atoms with van der Waals surface area (Å²) in [6.07, 6.45) is 5.04. The molecule has 60 valence electrons. The Morgan fingerprint density at radius 2 is 2.58 bits per heavy atom. The first-order chi connectivity index (χ1) is 5.83. The zero-order valence-corrected chi connectivity index (χ0v) is 7.08. The van der Waals surface area contributed by atoms with E-state index in [0.29, 0.717) is 0 Å². The summed E-state index contributed by atoms with van der Waals surface area (Å²) >= 11 is 1.60. The molecule has 0 unspecified atom stereocenters. The van der Waals surface area contributed by atoms with Crippen LogP contribution in [0, 0.1) is 11.5 Å². The normalized spacial score (nSPS) is 11.8. The smallest absolute Gasteiger partial charge is 0.207 e. The van der Waals surface area contributed by atoms with Crippen molar-refractivity contribution in [2.24, 2.45) is 10.7 Å². The van der Waals surface area contributed by atoms with Crippen molar-refractivity contribution in [2.75, 3.05) is 0 Å². The zero-order valence-electron chi connectivity index (χ0n) is 6.27. The standard InChI is InChI=1S/C8H7N3S/c9-6-11-8(10)4-3-7-2-1-5-12-7/h1-5H,(H2,10,11). The largest absolute Gasteiger partial charge is 0.383 e. The fourth-order valence-corrected chi connectivity index (χ4v) is 1.27. The minimum Gasteiger partial charge on any atom is -0.383 e. The molecule has 0 bridgehead atoms. The second-order valence-corrected chi connectivity index (χ2v) is 2.96. The first-order valence-corrected chi connectivity index (χ1v) is 4.15. The van der Waals surface area contributed by atoms with Crippen LogP contribution >= 0.6 is 11.3 Å². The molecule has 3 nitrogen and oxygen atoms in total. The first kappa shape index (κ1) is 8.50. The lowest BCUT2D eigenvalue weighted by Crippen LogP contribution is -2.06. The molecule has 0 spiro atoms. The summed E-state index contributed by atoms with van der Waals surface area (Å²) in [4.78, 5) is 4.43. The van der Waals surface area contributed by atoms with Crippen LogP contribution in [0.15, 0.2) is 28.6 Å². The number of nitriles is 1. The fraction of sp³-hybridized carbons (Fsp3) is 0. The van der Waals surface area contributed by atoms with Crippen LogP contribution in [-0.4, -0.2) is 5.84 Å². The zero-order chi connectivity index (χ0) is 8.81. The van der Waals surface area contributed by atoms with Gasteiger partial charge in [-0.1, -0.05) is 6.07 Å². The number of aliphatic imine (C=N–C) groups is 1. The van der Waals surface area contributed by atoms with Crippen molar-refractivity contribution in [3.8, 4) is 6.19 Å². The Morgan fingerprint density at radius 1 is 1.75 bits per heavy atom. The molecule has 0 radical (unpaired) electrons. The van der Waals surface area contributed by atoms with Gasteiger partial charge in [-0.05, 0) is 23.6 Å². The number of nitrogens with zero attached hydrogens (tertiary/aromatic N) is 2. The van der Waals surface area contributed by atoms with Gasteiger partial charge < -0.3 is 5.73 Å².